The summed E-state index contributed by atoms with van der Waals surface area (Å²) in [4.78, 5) is 51.1. The molecule has 0 aromatic heterocycles. The Morgan fingerprint density at radius 3 is 2.54 bits per heavy atom. The predicted octanol–water partition coefficient (Wildman–Crippen LogP) is 3.00. The lowest BCUT2D eigenvalue weighted by molar-refractivity contribution is -0.207. The van der Waals surface area contributed by atoms with Crippen LogP contribution in [0.4, 0.5) is 22.0 Å². The van der Waals surface area contributed by atoms with E-state index in [4.69, 9.17) is 11.6 Å². The number of hydrogen-bond donors (Lipinski definition) is 2. The number of alkyl halides is 5. The highest BCUT2D eigenvalue weighted by Crippen LogP contribution is 2.50. The van der Waals surface area contributed by atoms with Crippen LogP contribution < -0.4 is 10.6 Å². The number of fused-ring (bicyclic) bond motifs is 3. The Bertz CT molecular complexity index is 1100. The Hall–Kier alpha value is -2.76. The molecule has 37 heavy (non-hydrogen) atoms. The number of carbonyl (C=O) groups is 4. The van der Waals surface area contributed by atoms with E-state index in [1.165, 1.54) is 12.1 Å². The van der Waals surface area contributed by atoms with Crippen molar-refractivity contribution in [2.24, 2.45) is 11.8 Å². The maximum absolute atomic E-state index is 15.3. The first kappa shape index (κ1) is 27.3. The number of halogens is 6. The number of ketones is 1. The third-order valence-electron chi connectivity index (χ3n) is 7.41. The van der Waals surface area contributed by atoms with Gasteiger partial charge in [0.2, 0.25) is 11.8 Å². The molecule has 4 aliphatic rings. The van der Waals surface area contributed by atoms with Crippen LogP contribution in [0.1, 0.15) is 37.7 Å². The van der Waals surface area contributed by atoms with Gasteiger partial charge in [-0.05, 0) is 37.8 Å². The maximum Gasteiger partial charge on any atom is 0.350 e. The number of piperidine rings is 2. The zero-order valence-electron chi connectivity index (χ0n) is 19.5. The summed E-state index contributed by atoms with van der Waals surface area (Å²) in [7, 11) is 0. The minimum absolute atomic E-state index is 0.0174. The fraction of sp³-hybridized carbons (Fsp3) is 0.583. The van der Waals surface area contributed by atoms with Crippen molar-refractivity contribution < 1.29 is 41.1 Å². The Morgan fingerprint density at radius 1 is 1.22 bits per heavy atom. The summed E-state index contributed by atoms with van der Waals surface area (Å²) in [6, 6.07) is -0.585. The molecule has 5 rings (SSSR count). The average Bonchev–Trinajstić information content (AvgIpc) is 3.25. The van der Waals surface area contributed by atoms with Gasteiger partial charge < -0.3 is 15.5 Å². The lowest BCUT2D eigenvalue weighted by atomic mass is 9.71. The minimum Gasteiger partial charge on any atom is -0.356 e. The quantitative estimate of drug-likeness (QED) is 0.488. The van der Waals surface area contributed by atoms with Gasteiger partial charge >= 0.3 is 5.92 Å². The van der Waals surface area contributed by atoms with Crippen molar-refractivity contribution in [3.63, 3.8) is 0 Å². The minimum atomic E-state index is -4.19. The molecule has 0 unspecified atom stereocenters. The molecule has 3 saturated heterocycles. The lowest BCUT2D eigenvalue weighted by Gasteiger charge is -2.54. The van der Waals surface area contributed by atoms with Crippen LogP contribution in [0, 0.1) is 11.8 Å². The Kier molecular flexibility index (Phi) is 7.51. The van der Waals surface area contributed by atoms with E-state index in [0.717, 1.165) is 12.1 Å². The molecule has 4 fully saturated rings. The van der Waals surface area contributed by atoms with Crippen LogP contribution in [0.3, 0.4) is 0 Å². The molecule has 2 bridgehead atoms. The summed E-state index contributed by atoms with van der Waals surface area (Å²) in [5.74, 6) is -14.7. The Morgan fingerprint density at radius 2 is 1.95 bits per heavy atom. The van der Waals surface area contributed by atoms with E-state index in [-0.39, 0.29) is 24.3 Å². The monoisotopic (exact) mass is 549 g/mol. The van der Waals surface area contributed by atoms with Crippen molar-refractivity contribution in [2.75, 3.05) is 13.2 Å². The third kappa shape index (κ3) is 5.17. The van der Waals surface area contributed by atoms with Gasteiger partial charge in [0, 0.05) is 35.5 Å². The summed E-state index contributed by atoms with van der Waals surface area (Å²) in [5, 5.41) is 4.65. The fourth-order valence-electron chi connectivity index (χ4n) is 5.54. The van der Waals surface area contributed by atoms with Crippen LogP contribution in [0.25, 0.3) is 0 Å². The highest BCUT2D eigenvalue weighted by Gasteiger charge is 2.63. The standard InChI is InChI=1S/C24H25ClF5N3O4/c25-14-3-1-2-13(9-14)24(29,30)22(37)33-15-4-5-16(23(27,28)10-15)19(33)21(36)32-17(18(34)11-26)8-12-6-7-31-20(12)35/h1-3,9,12,15-17,19H,4-8,10-11H2,(H,31,35)(H,32,36)/t12-,15+,16+,17+,19-/m1/s1. The van der Waals surface area contributed by atoms with E-state index < -0.39 is 84.0 Å². The van der Waals surface area contributed by atoms with Gasteiger partial charge in [-0.3, -0.25) is 19.2 Å². The molecule has 0 radical (unpaired) electrons. The van der Waals surface area contributed by atoms with E-state index in [2.05, 4.69) is 10.6 Å². The highest BCUT2D eigenvalue weighted by molar-refractivity contribution is 6.30. The normalized spacial score (nSPS) is 27.5. The molecule has 1 aromatic carbocycles. The number of nitrogens with zero attached hydrogens (tertiary/aromatic N) is 1. The van der Waals surface area contributed by atoms with E-state index in [1.807, 2.05) is 0 Å². The average molecular weight is 550 g/mol. The van der Waals surface area contributed by atoms with Gasteiger partial charge in [0.05, 0.1) is 12.0 Å². The summed E-state index contributed by atoms with van der Waals surface area (Å²) in [6.07, 6.45) is -1.10. The lowest BCUT2D eigenvalue weighted by Crippen LogP contribution is -2.70. The van der Waals surface area contributed by atoms with Gasteiger partial charge in [-0.15, -0.1) is 0 Å². The molecule has 2 N–H and O–H groups in total. The molecule has 1 aliphatic carbocycles. The van der Waals surface area contributed by atoms with Crippen LogP contribution in [0.5, 0.6) is 0 Å². The van der Waals surface area contributed by atoms with Gasteiger partial charge in [-0.2, -0.15) is 8.78 Å². The number of amides is 3. The zero-order chi connectivity index (χ0) is 27.1. The van der Waals surface area contributed by atoms with Crippen LogP contribution >= 0.6 is 11.6 Å². The smallest absolute Gasteiger partial charge is 0.350 e. The number of Topliss-reactive ketones (excluding diaryl/α,β-unsaturated/α-hetero) is 1. The maximum atomic E-state index is 15.3. The number of carbonyl (C=O) groups excluding carboxylic acids is 4. The van der Waals surface area contributed by atoms with E-state index in [9.17, 15) is 32.3 Å². The number of rotatable bonds is 8. The topological polar surface area (TPSA) is 95.6 Å². The van der Waals surface area contributed by atoms with Gasteiger partial charge in [0.15, 0.2) is 5.78 Å². The first-order valence-electron chi connectivity index (χ1n) is 11.9. The van der Waals surface area contributed by atoms with Crippen LogP contribution in [0.15, 0.2) is 24.3 Å². The van der Waals surface area contributed by atoms with E-state index >= 15 is 8.78 Å². The molecule has 202 valence electrons. The zero-order valence-corrected chi connectivity index (χ0v) is 20.2. The van der Waals surface area contributed by atoms with Gasteiger partial charge in [-0.1, -0.05) is 23.7 Å². The fourth-order valence-corrected chi connectivity index (χ4v) is 5.73. The van der Waals surface area contributed by atoms with Crippen LogP contribution in [0.2, 0.25) is 5.02 Å². The Balaban J connectivity index is 1.64. The van der Waals surface area contributed by atoms with Gasteiger partial charge in [0.25, 0.3) is 11.8 Å². The molecule has 7 nitrogen and oxygen atoms in total. The largest absolute Gasteiger partial charge is 0.356 e. The van der Waals surface area contributed by atoms with Crippen molar-refractivity contribution in [2.45, 2.75) is 62.1 Å². The summed E-state index contributed by atoms with van der Waals surface area (Å²) in [5.41, 5.74) is -0.768. The number of hydrogen-bond acceptors (Lipinski definition) is 4. The molecule has 1 aromatic rings. The van der Waals surface area contributed by atoms with E-state index in [0.29, 0.717) is 17.9 Å². The molecule has 0 spiro atoms. The molecule has 13 heteroatoms. The van der Waals surface area contributed by atoms with Crippen molar-refractivity contribution in [1.29, 1.82) is 0 Å². The summed E-state index contributed by atoms with van der Waals surface area (Å²) < 4.78 is 73.6. The van der Waals surface area contributed by atoms with Gasteiger partial charge in [-0.25, -0.2) is 13.2 Å². The summed E-state index contributed by atoms with van der Waals surface area (Å²) in [6.45, 7) is -1.19. The Labute approximate surface area is 214 Å². The van der Waals surface area contributed by atoms with Crippen molar-refractivity contribution >= 4 is 35.1 Å². The van der Waals surface area contributed by atoms with Crippen molar-refractivity contribution in [1.82, 2.24) is 15.5 Å². The molecule has 5 atom stereocenters. The number of benzene rings is 1. The van der Waals surface area contributed by atoms with Crippen LogP contribution in [-0.2, 0) is 25.1 Å². The SMILES string of the molecule is O=C1NCC[C@@H]1C[C@H](NC(=O)[C@H]1[C@@H]2CC[C@@H](CC2(F)F)N1C(=O)C(F)(F)c1cccc(Cl)c1)C(=O)CF. The molecule has 1 saturated carbocycles. The highest BCUT2D eigenvalue weighted by atomic mass is 35.5. The first-order valence-corrected chi connectivity index (χ1v) is 12.3. The molecule has 3 aliphatic heterocycles. The second kappa shape index (κ2) is 10.2. The van der Waals surface area contributed by atoms with Crippen molar-refractivity contribution in [3.05, 3.63) is 34.9 Å². The predicted molar refractivity (Wildman–Crippen MR) is 121 cm³/mol. The molecule has 3 heterocycles. The third-order valence-corrected chi connectivity index (χ3v) is 7.65. The molecule has 3 amide bonds. The van der Waals surface area contributed by atoms with Crippen molar-refractivity contribution in [3.8, 4) is 0 Å². The summed E-state index contributed by atoms with van der Waals surface area (Å²) >= 11 is 5.79. The van der Waals surface area contributed by atoms with E-state index in [1.54, 1.807) is 0 Å². The number of nitrogens with one attached hydrogen (secondary N) is 2. The second-order valence-corrected chi connectivity index (χ2v) is 10.2. The van der Waals surface area contributed by atoms with Crippen LogP contribution in [-0.4, -0.2) is 65.7 Å². The second-order valence-electron chi connectivity index (χ2n) is 9.72. The van der Waals surface area contributed by atoms with Gasteiger partial charge in [0.1, 0.15) is 12.7 Å². The molecular formula is C24H25ClF5N3O4. The first-order chi connectivity index (χ1) is 17.4. The molecular weight excluding hydrogens is 525 g/mol.